The van der Waals surface area contributed by atoms with Crippen LogP contribution in [0.1, 0.15) is 80.6 Å². The van der Waals surface area contributed by atoms with Crippen molar-refractivity contribution in [3.63, 3.8) is 0 Å². The molecule has 0 aliphatic rings. The highest BCUT2D eigenvalue weighted by Crippen LogP contribution is 2.23. The Morgan fingerprint density at radius 1 is 0.766 bits per heavy atom. The average Bonchev–Trinajstić information content (AvgIpc) is 3.03. The minimum Gasteiger partial charge on any atom is -0.444 e. The third kappa shape index (κ3) is 9.19. The van der Waals surface area contributed by atoms with Gasteiger partial charge in [0.05, 0.1) is 40.1 Å². The number of nitrogens with one attached hydrogen (secondary N) is 1. The fraction of sp³-hybridized carbons (Fsp3) is 0.400. The van der Waals surface area contributed by atoms with Crippen LogP contribution in [0.25, 0.3) is 21.8 Å². The molecule has 0 saturated heterocycles. The fourth-order valence-electron chi connectivity index (χ4n) is 4.89. The largest absolute Gasteiger partial charge is 0.444 e. The highest BCUT2D eigenvalue weighted by molar-refractivity contribution is 5.99. The second-order valence-electron chi connectivity index (χ2n) is 11.6. The number of fused-ring (bicyclic) bond motifs is 2. The second kappa shape index (κ2) is 16.2. The molecular formula is C35H44F2N6O4. The van der Waals surface area contributed by atoms with Crippen molar-refractivity contribution in [2.24, 2.45) is 5.73 Å². The molecule has 0 atom stereocenters. The molecule has 0 spiro atoms. The minimum atomic E-state index is -0.635. The van der Waals surface area contributed by atoms with E-state index in [0.717, 1.165) is 0 Å². The van der Waals surface area contributed by atoms with Gasteiger partial charge in [-0.2, -0.15) is 0 Å². The molecule has 3 amide bonds. The lowest BCUT2D eigenvalue weighted by Gasteiger charge is -2.22. The van der Waals surface area contributed by atoms with E-state index in [2.05, 4.69) is 15.3 Å². The topological polar surface area (TPSA) is 131 Å². The Hall–Kier alpha value is -4.71. The summed E-state index contributed by atoms with van der Waals surface area (Å²) in [5.41, 5.74) is 7.50. The van der Waals surface area contributed by atoms with E-state index in [4.69, 9.17) is 10.5 Å². The van der Waals surface area contributed by atoms with E-state index in [1.165, 1.54) is 18.2 Å². The number of pyridine rings is 2. The van der Waals surface area contributed by atoms with E-state index < -0.39 is 17.5 Å². The van der Waals surface area contributed by atoms with Gasteiger partial charge in [-0.3, -0.25) is 14.6 Å². The zero-order valence-corrected chi connectivity index (χ0v) is 28.1. The molecule has 0 bridgehead atoms. The van der Waals surface area contributed by atoms with Crippen molar-refractivity contribution in [3.8, 4) is 0 Å². The van der Waals surface area contributed by atoms with E-state index in [9.17, 15) is 23.2 Å². The molecule has 4 rings (SSSR count). The summed E-state index contributed by atoms with van der Waals surface area (Å²) >= 11 is 0. The van der Waals surface area contributed by atoms with Gasteiger partial charge in [0, 0.05) is 43.5 Å². The van der Waals surface area contributed by atoms with Crippen LogP contribution in [0.2, 0.25) is 0 Å². The Balaban J connectivity index is 0.000000267. The first kappa shape index (κ1) is 36.8. The molecule has 4 aromatic rings. The number of nitrogens with zero attached hydrogens (tertiary/aromatic N) is 4. The van der Waals surface area contributed by atoms with E-state index >= 15 is 0 Å². The van der Waals surface area contributed by atoms with Crippen LogP contribution < -0.4 is 11.1 Å². The summed E-state index contributed by atoms with van der Waals surface area (Å²) in [5, 5.41) is 3.24. The quantitative estimate of drug-likeness (QED) is 0.221. The fourth-order valence-corrected chi connectivity index (χ4v) is 4.89. The molecule has 0 fully saturated rings. The van der Waals surface area contributed by atoms with Crippen LogP contribution in [-0.2, 0) is 17.8 Å². The van der Waals surface area contributed by atoms with Crippen LogP contribution in [0.3, 0.4) is 0 Å². The normalized spacial score (nSPS) is 11.1. The van der Waals surface area contributed by atoms with Gasteiger partial charge in [-0.05, 0) is 84.9 Å². The average molecular weight is 651 g/mol. The molecule has 0 saturated carbocycles. The first-order chi connectivity index (χ1) is 22.3. The van der Waals surface area contributed by atoms with Gasteiger partial charge < -0.3 is 25.6 Å². The summed E-state index contributed by atoms with van der Waals surface area (Å²) in [7, 11) is 0. The molecule has 0 aliphatic heterocycles. The Labute approximate surface area is 274 Å². The van der Waals surface area contributed by atoms with Gasteiger partial charge in [0.15, 0.2) is 0 Å². The van der Waals surface area contributed by atoms with Crippen molar-refractivity contribution >= 4 is 39.7 Å². The lowest BCUT2D eigenvalue weighted by Crippen LogP contribution is -2.34. The number of amides is 3. The molecule has 0 unspecified atom stereocenters. The SMILES string of the molecule is CCN(CC)C(=O)c1cc2c(F)cccc2nc1CN.CCN(CC)C(=O)c1cc2c(F)cccc2nc1CNC(=O)OC(C)(C)C. The smallest absolute Gasteiger partial charge is 0.407 e. The summed E-state index contributed by atoms with van der Waals surface area (Å²) in [6, 6.07) is 12.3. The predicted octanol–water partition coefficient (Wildman–Crippen LogP) is 6.20. The summed E-state index contributed by atoms with van der Waals surface area (Å²) < 4.78 is 33.2. The van der Waals surface area contributed by atoms with Crippen molar-refractivity contribution < 1.29 is 27.9 Å². The van der Waals surface area contributed by atoms with Gasteiger partial charge in [-0.25, -0.2) is 18.6 Å². The Morgan fingerprint density at radius 2 is 1.19 bits per heavy atom. The molecule has 0 aliphatic carbocycles. The van der Waals surface area contributed by atoms with Crippen LogP contribution in [0.15, 0.2) is 48.5 Å². The number of aromatic nitrogens is 2. The molecule has 0 radical (unpaired) electrons. The van der Waals surface area contributed by atoms with E-state index in [0.29, 0.717) is 59.5 Å². The van der Waals surface area contributed by atoms with E-state index in [-0.39, 0.29) is 41.7 Å². The highest BCUT2D eigenvalue weighted by atomic mass is 19.1. The molecular weight excluding hydrogens is 606 g/mol. The molecule has 12 heteroatoms. The van der Waals surface area contributed by atoms with E-state index in [1.807, 2.05) is 27.7 Å². The molecule has 2 heterocycles. The lowest BCUT2D eigenvalue weighted by molar-refractivity contribution is 0.0521. The zero-order valence-electron chi connectivity index (χ0n) is 28.1. The molecule has 10 nitrogen and oxygen atoms in total. The van der Waals surface area contributed by atoms with Crippen LogP contribution in [0.5, 0.6) is 0 Å². The summed E-state index contributed by atoms with van der Waals surface area (Å²) in [5.74, 6) is -1.24. The number of hydrogen-bond acceptors (Lipinski definition) is 7. The highest BCUT2D eigenvalue weighted by Gasteiger charge is 2.22. The Kier molecular flexibility index (Phi) is 12.7. The van der Waals surface area contributed by atoms with Gasteiger partial charge in [0.1, 0.15) is 17.2 Å². The van der Waals surface area contributed by atoms with Crippen molar-refractivity contribution in [2.45, 2.75) is 67.2 Å². The van der Waals surface area contributed by atoms with Crippen LogP contribution in [0.4, 0.5) is 13.6 Å². The maximum Gasteiger partial charge on any atom is 0.407 e. The molecule has 47 heavy (non-hydrogen) atoms. The monoisotopic (exact) mass is 650 g/mol. The van der Waals surface area contributed by atoms with Gasteiger partial charge in [0.25, 0.3) is 11.8 Å². The zero-order chi connectivity index (χ0) is 34.9. The number of ether oxygens (including phenoxy) is 1. The van der Waals surface area contributed by atoms with Crippen molar-refractivity contribution in [1.82, 2.24) is 25.1 Å². The van der Waals surface area contributed by atoms with Crippen LogP contribution in [-0.4, -0.2) is 69.5 Å². The summed E-state index contributed by atoms with van der Waals surface area (Å²) in [4.78, 5) is 49.3. The number of nitrogens with two attached hydrogens (primary N) is 1. The second-order valence-corrected chi connectivity index (χ2v) is 11.6. The summed E-state index contributed by atoms with van der Waals surface area (Å²) in [6.07, 6.45) is -0.607. The Bertz CT molecular complexity index is 1730. The van der Waals surface area contributed by atoms with Crippen LogP contribution >= 0.6 is 0 Å². The first-order valence-corrected chi connectivity index (χ1v) is 15.7. The van der Waals surface area contributed by atoms with E-state index in [1.54, 1.807) is 60.9 Å². The van der Waals surface area contributed by atoms with Crippen molar-refractivity contribution in [1.29, 1.82) is 0 Å². The first-order valence-electron chi connectivity index (χ1n) is 15.7. The molecule has 2 aromatic carbocycles. The number of carbonyl (C=O) groups is 3. The van der Waals surface area contributed by atoms with Gasteiger partial charge in [0.2, 0.25) is 0 Å². The number of carbonyl (C=O) groups excluding carboxylic acids is 3. The standard InChI is InChI=1S/C20H26FN3O3.C15H18FN3O/c1-6-24(7-2)18(25)14-11-13-15(21)9-8-10-16(13)23-17(14)12-22-19(26)27-20(3,4)5;1-3-19(4-2)15(20)11-8-10-12(16)6-5-7-13(10)18-14(11)9-17/h8-11H,6-7,12H2,1-5H3,(H,22,26);5-8H,3-4,9,17H2,1-2H3. The predicted molar refractivity (Wildman–Crippen MR) is 179 cm³/mol. The Morgan fingerprint density at radius 3 is 1.60 bits per heavy atom. The number of halogens is 2. The minimum absolute atomic E-state index is 0.00368. The number of rotatable bonds is 9. The molecule has 252 valence electrons. The maximum atomic E-state index is 14.2. The molecule has 2 aromatic heterocycles. The van der Waals surface area contributed by atoms with Crippen molar-refractivity contribution in [2.75, 3.05) is 26.2 Å². The van der Waals surface area contributed by atoms with Gasteiger partial charge >= 0.3 is 6.09 Å². The maximum absolute atomic E-state index is 14.2. The van der Waals surface area contributed by atoms with Gasteiger partial charge in [-0.1, -0.05) is 12.1 Å². The third-order valence-corrected chi connectivity index (χ3v) is 7.32. The van der Waals surface area contributed by atoms with Crippen molar-refractivity contribution in [3.05, 3.63) is 82.7 Å². The molecule has 3 N–H and O–H groups in total. The number of benzene rings is 2. The lowest BCUT2D eigenvalue weighted by atomic mass is 10.1. The van der Waals surface area contributed by atoms with Gasteiger partial charge in [-0.15, -0.1) is 0 Å². The number of hydrogen-bond donors (Lipinski definition) is 2. The number of alkyl carbamates (subject to hydrolysis) is 1. The summed E-state index contributed by atoms with van der Waals surface area (Å²) in [6.45, 7) is 15.2. The van der Waals surface area contributed by atoms with Crippen LogP contribution in [0, 0.1) is 11.6 Å². The third-order valence-electron chi connectivity index (χ3n) is 7.32.